The molecule has 0 aliphatic carbocycles. The van der Waals surface area contributed by atoms with Gasteiger partial charge in [0.05, 0.1) is 23.9 Å². The number of hydrogen-bond acceptors (Lipinski definition) is 6. The van der Waals surface area contributed by atoms with E-state index in [0.29, 0.717) is 13.0 Å². The van der Waals surface area contributed by atoms with E-state index in [1.807, 2.05) is 39.8 Å². The predicted octanol–water partition coefficient (Wildman–Crippen LogP) is 2.74. The second kappa shape index (κ2) is 9.07. The van der Waals surface area contributed by atoms with Crippen LogP contribution in [0.1, 0.15) is 54.1 Å². The van der Waals surface area contributed by atoms with Crippen molar-refractivity contribution < 1.29 is 23.9 Å². The molecule has 1 aliphatic heterocycles. The summed E-state index contributed by atoms with van der Waals surface area (Å²) in [6.07, 6.45) is 0.565. The summed E-state index contributed by atoms with van der Waals surface area (Å²) in [5.41, 5.74) is 6.97. The zero-order valence-corrected chi connectivity index (χ0v) is 18.9. The fourth-order valence-corrected chi connectivity index (χ4v) is 4.41. The third kappa shape index (κ3) is 5.62. The molecule has 3 amide bonds. The summed E-state index contributed by atoms with van der Waals surface area (Å²) in [6.45, 7) is 8.23. The number of primary amides is 1. The molecule has 31 heavy (non-hydrogen) atoms. The van der Waals surface area contributed by atoms with E-state index in [9.17, 15) is 14.4 Å². The second-order valence-electron chi connectivity index (χ2n) is 8.24. The molecule has 1 aromatic carbocycles. The number of carbonyl (C=O) groups is 3. The highest BCUT2D eigenvalue weighted by atomic mass is 32.1. The number of fused-ring (bicyclic) bond motifs is 1. The van der Waals surface area contributed by atoms with Crippen LogP contribution in [-0.4, -0.2) is 29.4 Å². The molecule has 9 heteroatoms. The van der Waals surface area contributed by atoms with Gasteiger partial charge in [-0.2, -0.15) is 0 Å². The molecule has 0 saturated heterocycles. The Morgan fingerprint density at radius 1 is 1.19 bits per heavy atom. The van der Waals surface area contributed by atoms with Crippen LogP contribution in [0.3, 0.4) is 0 Å². The summed E-state index contributed by atoms with van der Waals surface area (Å²) in [4.78, 5) is 37.6. The van der Waals surface area contributed by atoms with Crippen LogP contribution >= 0.6 is 11.3 Å². The third-order valence-corrected chi connectivity index (χ3v) is 5.84. The summed E-state index contributed by atoms with van der Waals surface area (Å²) in [5, 5.41) is 5.38. The van der Waals surface area contributed by atoms with Gasteiger partial charge in [0.15, 0.2) is 0 Å². The minimum Gasteiger partial charge on any atom is -0.491 e. The maximum Gasteiger partial charge on any atom is 0.314 e. The highest BCUT2D eigenvalue weighted by Crippen LogP contribution is 2.40. The fraction of sp³-hybridized carbons (Fsp3) is 0.409. The Morgan fingerprint density at radius 3 is 2.48 bits per heavy atom. The van der Waals surface area contributed by atoms with Gasteiger partial charge in [-0.25, -0.2) is 0 Å². The van der Waals surface area contributed by atoms with E-state index in [0.717, 1.165) is 21.8 Å². The van der Waals surface area contributed by atoms with Crippen LogP contribution in [0.2, 0.25) is 0 Å². The molecular formula is C22H27N3O5S. The van der Waals surface area contributed by atoms with Crippen molar-refractivity contribution in [3.05, 3.63) is 45.8 Å². The normalized spacial score (nSPS) is 14.6. The van der Waals surface area contributed by atoms with E-state index in [1.165, 1.54) is 11.3 Å². The minimum atomic E-state index is -0.860. The van der Waals surface area contributed by atoms with Gasteiger partial charge in [-0.3, -0.25) is 14.4 Å². The van der Waals surface area contributed by atoms with Crippen molar-refractivity contribution in [3.63, 3.8) is 0 Å². The Morgan fingerprint density at radius 2 is 1.87 bits per heavy atom. The molecule has 1 aliphatic rings. The summed E-state index contributed by atoms with van der Waals surface area (Å²) in [5.74, 6) is -1.58. The number of thiophene rings is 1. The average molecular weight is 446 g/mol. The molecule has 0 bridgehead atoms. The molecule has 3 rings (SSSR count). The highest BCUT2D eigenvalue weighted by molar-refractivity contribution is 7.17. The van der Waals surface area contributed by atoms with E-state index < -0.39 is 23.3 Å². The van der Waals surface area contributed by atoms with Gasteiger partial charge in [-0.15, -0.1) is 11.3 Å². The Bertz CT molecular complexity index is 995. The molecule has 0 radical (unpaired) electrons. The molecule has 1 aromatic heterocycles. The van der Waals surface area contributed by atoms with Gasteiger partial charge in [-0.1, -0.05) is 12.1 Å². The first-order valence-electron chi connectivity index (χ1n) is 9.99. The molecule has 8 nitrogen and oxygen atoms in total. The number of amides is 3. The van der Waals surface area contributed by atoms with Crippen LogP contribution < -0.4 is 21.1 Å². The molecule has 0 spiro atoms. The quantitative estimate of drug-likeness (QED) is 0.591. The average Bonchev–Trinajstić information content (AvgIpc) is 3.02. The number of benzene rings is 1. The maximum absolute atomic E-state index is 12.4. The van der Waals surface area contributed by atoms with Crippen molar-refractivity contribution in [2.75, 3.05) is 5.32 Å². The first-order chi connectivity index (χ1) is 14.6. The molecule has 2 heterocycles. The summed E-state index contributed by atoms with van der Waals surface area (Å²) in [6, 6.07) is 7.24. The smallest absolute Gasteiger partial charge is 0.314 e. The lowest BCUT2D eigenvalue weighted by molar-refractivity contribution is -0.136. The molecule has 0 unspecified atom stereocenters. The number of nitrogens with two attached hydrogens (primary N) is 1. The first-order valence-corrected chi connectivity index (χ1v) is 10.8. The number of hydrogen-bond donors (Lipinski definition) is 3. The Balaban J connectivity index is 1.64. The van der Waals surface area contributed by atoms with Crippen LogP contribution in [0.5, 0.6) is 5.75 Å². The zero-order valence-electron chi connectivity index (χ0n) is 18.0. The Hall–Kier alpha value is -2.91. The molecule has 0 fully saturated rings. The van der Waals surface area contributed by atoms with Crippen LogP contribution in [0, 0.1) is 0 Å². The minimum absolute atomic E-state index is 0.0695. The molecule has 0 saturated carbocycles. The van der Waals surface area contributed by atoms with Crippen molar-refractivity contribution in [3.8, 4) is 5.75 Å². The van der Waals surface area contributed by atoms with Crippen molar-refractivity contribution >= 4 is 34.1 Å². The maximum atomic E-state index is 12.4. The van der Waals surface area contributed by atoms with Crippen molar-refractivity contribution in [1.82, 2.24) is 5.32 Å². The van der Waals surface area contributed by atoms with Gasteiger partial charge in [0.2, 0.25) is 0 Å². The van der Waals surface area contributed by atoms with Crippen molar-refractivity contribution in [2.45, 2.75) is 59.0 Å². The number of anilines is 1. The van der Waals surface area contributed by atoms with Crippen molar-refractivity contribution in [2.24, 2.45) is 5.73 Å². The van der Waals surface area contributed by atoms with E-state index in [2.05, 4.69) is 10.6 Å². The topological polar surface area (TPSA) is 120 Å². The van der Waals surface area contributed by atoms with Gasteiger partial charge >= 0.3 is 11.8 Å². The van der Waals surface area contributed by atoms with Gasteiger partial charge in [0.25, 0.3) is 5.91 Å². The van der Waals surface area contributed by atoms with E-state index >= 15 is 0 Å². The third-order valence-electron chi connectivity index (χ3n) is 4.72. The molecule has 166 valence electrons. The van der Waals surface area contributed by atoms with Crippen LogP contribution in [0.4, 0.5) is 5.00 Å². The van der Waals surface area contributed by atoms with Crippen LogP contribution in [0.25, 0.3) is 0 Å². The van der Waals surface area contributed by atoms with Gasteiger partial charge in [-0.05, 0) is 51.0 Å². The summed E-state index contributed by atoms with van der Waals surface area (Å²) in [7, 11) is 0. The zero-order chi connectivity index (χ0) is 22.8. The van der Waals surface area contributed by atoms with Gasteiger partial charge < -0.3 is 25.8 Å². The SMILES string of the molecule is CC(C)Oc1ccc(CNC(=O)C(=O)Nc2sc3c(c2C(N)=O)CC(C)(C)OC3)cc1. The fourth-order valence-electron chi connectivity index (χ4n) is 3.28. The summed E-state index contributed by atoms with van der Waals surface area (Å²) >= 11 is 1.21. The second-order valence-corrected chi connectivity index (χ2v) is 9.35. The predicted molar refractivity (Wildman–Crippen MR) is 118 cm³/mol. The van der Waals surface area contributed by atoms with Crippen LogP contribution in [-0.2, 0) is 33.9 Å². The number of ether oxygens (including phenoxy) is 2. The molecular weight excluding hydrogens is 418 g/mol. The largest absolute Gasteiger partial charge is 0.491 e. The monoisotopic (exact) mass is 445 g/mol. The molecule has 4 N–H and O–H groups in total. The van der Waals surface area contributed by atoms with E-state index in [1.54, 1.807) is 12.1 Å². The molecule has 0 atom stereocenters. The Labute approximate surface area is 185 Å². The first kappa shape index (κ1) is 22.8. The lowest BCUT2D eigenvalue weighted by Crippen LogP contribution is -2.35. The number of carbonyl (C=O) groups excluding carboxylic acids is 3. The summed E-state index contributed by atoms with van der Waals surface area (Å²) < 4.78 is 11.3. The van der Waals surface area contributed by atoms with Crippen molar-refractivity contribution in [1.29, 1.82) is 0 Å². The van der Waals surface area contributed by atoms with Crippen LogP contribution in [0.15, 0.2) is 24.3 Å². The number of rotatable bonds is 6. The Kier molecular flexibility index (Phi) is 6.66. The highest BCUT2D eigenvalue weighted by Gasteiger charge is 2.33. The lowest BCUT2D eigenvalue weighted by atomic mass is 9.93. The molecule has 2 aromatic rings. The van der Waals surface area contributed by atoms with E-state index in [4.69, 9.17) is 15.2 Å². The van der Waals surface area contributed by atoms with Gasteiger partial charge in [0.1, 0.15) is 10.8 Å². The lowest BCUT2D eigenvalue weighted by Gasteiger charge is -2.30. The van der Waals surface area contributed by atoms with E-state index in [-0.39, 0.29) is 23.2 Å². The number of nitrogens with one attached hydrogen (secondary N) is 2. The standard InChI is InChI=1S/C22H27N3O5S/c1-12(2)30-14-7-5-13(6-8-14)10-24-19(27)20(28)25-21-17(18(23)26)15-9-22(3,4)29-11-16(15)31-21/h5-8,12H,9-11H2,1-4H3,(H2,23,26)(H,24,27)(H,25,28). The van der Waals surface area contributed by atoms with Gasteiger partial charge in [0, 0.05) is 17.8 Å².